The molecule has 2 fully saturated rings. The third kappa shape index (κ3) is 4.08. The molecule has 126 valence electrons. The molecule has 0 unspecified atom stereocenters. The molecule has 0 bridgehead atoms. The van der Waals surface area contributed by atoms with Crippen LogP contribution in [0.5, 0.6) is 0 Å². The smallest absolute Gasteiger partial charge is 0.303 e. The molecule has 1 aliphatic heterocycles. The first-order valence-electron chi connectivity index (χ1n) is 8.95. The fraction of sp³-hybridized carbons (Fsp3) is 0.722. The summed E-state index contributed by atoms with van der Waals surface area (Å²) in [7, 11) is 0. The number of carboxylic acid groups (broad SMARTS) is 1. The number of hydrogen-bond donors (Lipinski definition) is 1. The van der Waals surface area contributed by atoms with Gasteiger partial charge in [0.15, 0.2) is 0 Å². The molecule has 3 rings (SSSR count). The molecule has 0 radical (unpaired) electrons. The number of aromatic nitrogens is 2. The van der Waals surface area contributed by atoms with Crippen molar-refractivity contribution in [2.45, 2.75) is 76.8 Å². The van der Waals surface area contributed by atoms with Gasteiger partial charge in [-0.3, -0.25) is 9.69 Å². The zero-order valence-electron chi connectivity index (χ0n) is 14.0. The number of carboxylic acids is 1. The number of aliphatic carboxylic acids is 1. The summed E-state index contributed by atoms with van der Waals surface area (Å²) < 4.78 is 0. The molecule has 1 aromatic rings. The second-order valence-corrected chi connectivity index (χ2v) is 6.91. The largest absolute Gasteiger partial charge is 0.481 e. The molecule has 2 aliphatic rings. The average molecular weight is 317 g/mol. The van der Waals surface area contributed by atoms with Crippen LogP contribution in [-0.4, -0.2) is 38.5 Å². The summed E-state index contributed by atoms with van der Waals surface area (Å²) in [6, 6.07) is 3.14. The van der Waals surface area contributed by atoms with Crippen LogP contribution in [0.1, 0.15) is 74.6 Å². The minimum atomic E-state index is -0.771. The average Bonchev–Trinajstić information content (AvgIpc) is 3.03. The summed E-state index contributed by atoms with van der Waals surface area (Å²) in [5.41, 5.74) is 1.96. The van der Waals surface area contributed by atoms with E-state index in [0.717, 1.165) is 23.6 Å². The van der Waals surface area contributed by atoms with Gasteiger partial charge in [-0.1, -0.05) is 19.3 Å². The molecule has 1 N–H and O–H groups in total. The van der Waals surface area contributed by atoms with Gasteiger partial charge in [0.2, 0.25) is 0 Å². The summed E-state index contributed by atoms with van der Waals surface area (Å²) in [5.74, 6) is -0.00843. The normalized spacial score (nSPS) is 23.3. The van der Waals surface area contributed by atoms with Gasteiger partial charge in [-0.05, 0) is 45.2 Å². The fourth-order valence-electron chi connectivity index (χ4n) is 4.15. The number of likely N-dealkylation sites (tertiary alicyclic amines) is 1. The summed E-state index contributed by atoms with van der Waals surface area (Å²) in [5, 5.41) is 8.89. The van der Waals surface area contributed by atoms with Crippen LogP contribution in [-0.2, 0) is 11.2 Å². The quantitative estimate of drug-likeness (QED) is 0.903. The molecule has 1 atom stereocenters. The van der Waals surface area contributed by atoms with Crippen molar-refractivity contribution in [1.29, 1.82) is 0 Å². The molecule has 0 aromatic carbocycles. The first-order valence-corrected chi connectivity index (χ1v) is 8.95. The lowest BCUT2D eigenvalue weighted by Gasteiger charge is -2.35. The molecule has 0 amide bonds. The Morgan fingerprint density at radius 3 is 2.74 bits per heavy atom. The highest BCUT2D eigenvalue weighted by atomic mass is 16.4. The van der Waals surface area contributed by atoms with Crippen molar-refractivity contribution >= 4 is 5.97 Å². The summed E-state index contributed by atoms with van der Waals surface area (Å²) in [6.07, 6.45) is 9.70. The van der Waals surface area contributed by atoms with Gasteiger partial charge in [0, 0.05) is 18.2 Å². The highest BCUT2D eigenvalue weighted by Crippen LogP contribution is 2.37. The van der Waals surface area contributed by atoms with Crippen LogP contribution in [0.3, 0.4) is 0 Å². The topological polar surface area (TPSA) is 66.3 Å². The Labute approximate surface area is 138 Å². The van der Waals surface area contributed by atoms with Crippen LogP contribution in [0.15, 0.2) is 6.07 Å². The Balaban J connectivity index is 1.77. The van der Waals surface area contributed by atoms with Gasteiger partial charge in [-0.15, -0.1) is 0 Å². The van der Waals surface area contributed by atoms with Crippen LogP contribution >= 0.6 is 0 Å². The van der Waals surface area contributed by atoms with Crippen molar-refractivity contribution in [3.8, 4) is 0 Å². The molecule has 1 aromatic heterocycles. The van der Waals surface area contributed by atoms with E-state index in [2.05, 4.69) is 14.9 Å². The lowest BCUT2D eigenvalue weighted by atomic mass is 9.93. The van der Waals surface area contributed by atoms with Gasteiger partial charge in [-0.25, -0.2) is 9.97 Å². The molecular formula is C18H27N3O2. The first kappa shape index (κ1) is 16.4. The van der Waals surface area contributed by atoms with Crippen LogP contribution in [0.25, 0.3) is 0 Å². The Morgan fingerprint density at radius 1 is 1.22 bits per heavy atom. The predicted molar refractivity (Wildman–Crippen MR) is 88.3 cm³/mol. The van der Waals surface area contributed by atoms with Gasteiger partial charge < -0.3 is 5.11 Å². The van der Waals surface area contributed by atoms with Gasteiger partial charge in [0.25, 0.3) is 0 Å². The van der Waals surface area contributed by atoms with Crippen molar-refractivity contribution < 1.29 is 9.90 Å². The number of nitrogens with zero attached hydrogens (tertiary/aromatic N) is 3. The summed E-state index contributed by atoms with van der Waals surface area (Å²) >= 11 is 0. The molecule has 1 aliphatic carbocycles. The second kappa shape index (κ2) is 7.39. The first-order chi connectivity index (χ1) is 11.1. The highest BCUT2D eigenvalue weighted by Gasteiger charge is 2.33. The number of rotatable bonds is 5. The maximum atomic E-state index is 10.8. The Hall–Kier alpha value is -1.49. The third-order valence-electron chi connectivity index (χ3n) is 5.19. The van der Waals surface area contributed by atoms with Crippen LogP contribution in [0, 0.1) is 6.92 Å². The SMILES string of the molecule is Cc1nc(CCC(=O)O)cc([C@@H]2CCCN2C2CCCCC2)n1. The lowest BCUT2D eigenvalue weighted by molar-refractivity contribution is -0.136. The van der Waals surface area contributed by atoms with Crippen LogP contribution in [0.4, 0.5) is 0 Å². The van der Waals surface area contributed by atoms with E-state index >= 15 is 0 Å². The maximum absolute atomic E-state index is 10.8. The van der Waals surface area contributed by atoms with E-state index in [1.54, 1.807) is 0 Å². The fourth-order valence-corrected chi connectivity index (χ4v) is 4.15. The van der Waals surface area contributed by atoms with Gasteiger partial charge in [0.1, 0.15) is 5.82 Å². The van der Waals surface area contributed by atoms with Crippen molar-refractivity contribution in [1.82, 2.24) is 14.9 Å². The number of hydrogen-bond acceptors (Lipinski definition) is 4. The Morgan fingerprint density at radius 2 is 2.00 bits per heavy atom. The summed E-state index contributed by atoms with van der Waals surface area (Å²) in [4.78, 5) is 22.6. The van der Waals surface area contributed by atoms with Gasteiger partial charge in [0.05, 0.1) is 18.2 Å². The summed E-state index contributed by atoms with van der Waals surface area (Å²) in [6.45, 7) is 3.08. The molecule has 0 spiro atoms. The van der Waals surface area contributed by atoms with Crippen LogP contribution in [0.2, 0.25) is 0 Å². The van der Waals surface area contributed by atoms with Crippen molar-refractivity contribution in [2.24, 2.45) is 0 Å². The number of carbonyl (C=O) groups is 1. The highest BCUT2D eigenvalue weighted by molar-refractivity contribution is 5.66. The van der Waals surface area contributed by atoms with E-state index in [1.807, 2.05) is 13.0 Å². The number of aryl methyl sites for hydroxylation is 2. The zero-order chi connectivity index (χ0) is 16.2. The van der Waals surface area contributed by atoms with Gasteiger partial charge in [-0.2, -0.15) is 0 Å². The van der Waals surface area contributed by atoms with Crippen molar-refractivity contribution in [3.05, 3.63) is 23.3 Å². The van der Waals surface area contributed by atoms with E-state index in [0.29, 0.717) is 18.5 Å². The van der Waals surface area contributed by atoms with E-state index in [-0.39, 0.29) is 6.42 Å². The molecule has 1 saturated carbocycles. The molecule has 1 saturated heterocycles. The molecule has 23 heavy (non-hydrogen) atoms. The van der Waals surface area contributed by atoms with Crippen molar-refractivity contribution in [2.75, 3.05) is 6.54 Å². The minimum absolute atomic E-state index is 0.132. The second-order valence-electron chi connectivity index (χ2n) is 6.91. The lowest BCUT2D eigenvalue weighted by Crippen LogP contribution is -2.36. The molecule has 2 heterocycles. The van der Waals surface area contributed by atoms with Crippen LogP contribution < -0.4 is 0 Å². The molecule has 5 heteroatoms. The molecule has 5 nitrogen and oxygen atoms in total. The van der Waals surface area contributed by atoms with E-state index in [9.17, 15) is 4.79 Å². The molecular weight excluding hydrogens is 290 g/mol. The monoisotopic (exact) mass is 317 g/mol. The van der Waals surface area contributed by atoms with E-state index < -0.39 is 5.97 Å². The maximum Gasteiger partial charge on any atom is 0.303 e. The van der Waals surface area contributed by atoms with Gasteiger partial charge >= 0.3 is 5.97 Å². The van der Waals surface area contributed by atoms with E-state index in [4.69, 9.17) is 5.11 Å². The minimum Gasteiger partial charge on any atom is -0.481 e. The third-order valence-corrected chi connectivity index (χ3v) is 5.19. The zero-order valence-corrected chi connectivity index (χ0v) is 14.0. The Kier molecular flexibility index (Phi) is 5.26. The van der Waals surface area contributed by atoms with Crippen molar-refractivity contribution in [3.63, 3.8) is 0 Å². The van der Waals surface area contributed by atoms with E-state index in [1.165, 1.54) is 45.1 Å². The predicted octanol–water partition coefficient (Wildman–Crippen LogP) is 3.27. The standard InChI is InChI=1S/C18H27N3O2/c1-13-19-14(9-10-18(22)23)12-16(20-13)17-8-5-11-21(17)15-6-3-2-4-7-15/h12,15,17H,2-11H2,1H3,(H,22,23)/t17-/m0/s1. The Bertz CT molecular complexity index is 555.